The predicted molar refractivity (Wildman–Crippen MR) is 65.6 cm³/mol. The Labute approximate surface area is 101 Å². The predicted octanol–water partition coefficient (Wildman–Crippen LogP) is 2.46. The van der Waals surface area contributed by atoms with Crippen LogP contribution in [0.5, 0.6) is 0 Å². The van der Waals surface area contributed by atoms with Gasteiger partial charge in [-0.2, -0.15) is 0 Å². The lowest BCUT2D eigenvalue weighted by atomic mass is 10.1. The summed E-state index contributed by atoms with van der Waals surface area (Å²) in [5.41, 5.74) is 1.12. The monoisotopic (exact) mass is 237 g/mol. The van der Waals surface area contributed by atoms with Crippen LogP contribution >= 0.6 is 11.6 Å². The van der Waals surface area contributed by atoms with Gasteiger partial charge in [-0.25, -0.2) is 0 Å². The van der Waals surface area contributed by atoms with Gasteiger partial charge in [0.2, 0.25) is 5.91 Å². The molecule has 16 heavy (non-hydrogen) atoms. The standard InChI is InChI=1S/C13H16ClNO/c14-12(10-11-6-2-1-3-7-11)13(16)15-8-4-5-9-15/h1-3,6-7,12H,4-5,8-10H2. The molecule has 0 aliphatic carbocycles. The van der Waals surface area contributed by atoms with E-state index >= 15 is 0 Å². The summed E-state index contributed by atoms with van der Waals surface area (Å²) in [5, 5.41) is -0.416. The molecule has 1 amide bonds. The number of alkyl halides is 1. The van der Waals surface area contributed by atoms with Crippen LogP contribution in [0.2, 0.25) is 0 Å². The molecule has 86 valence electrons. The molecule has 1 heterocycles. The van der Waals surface area contributed by atoms with Gasteiger partial charge in [0.1, 0.15) is 5.38 Å². The maximum Gasteiger partial charge on any atom is 0.240 e. The van der Waals surface area contributed by atoms with Crippen molar-refractivity contribution in [1.29, 1.82) is 0 Å². The van der Waals surface area contributed by atoms with Crippen LogP contribution in [-0.2, 0) is 11.2 Å². The van der Waals surface area contributed by atoms with Gasteiger partial charge >= 0.3 is 0 Å². The molecule has 0 radical (unpaired) electrons. The average molecular weight is 238 g/mol. The van der Waals surface area contributed by atoms with Gasteiger partial charge in [-0.15, -0.1) is 11.6 Å². The van der Waals surface area contributed by atoms with Crippen LogP contribution in [0.4, 0.5) is 0 Å². The van der Waals surface area contributed by atoms with Crippen molar-refractivity contribution in [2.75, 3.05) is 13.1 Å². The molecule has 0 N–H and O–H groups in total. The van der Waals surface area contributed by atoms with Crippen LogP contribution < -0.4 is 0 Å². The quantitative estimate of drug-likeness (QED) is 0.740. The van der Waals surface area contributed by atoms with Gasteiger partial charge in [-0.05, 0) is 24.8 Å². The van der Waals surface area contributed by atoms with Gasteiger partial charge < -0.3 is 4.90 Å². The number of hydrogen-bond donors (Lipinski definition) is 0. The lowest BCUT2D eigenvalue weighted by Crippen LogP contribution is -2.35. The number of carbonyl (C=O) groups is 1. The highest BCUT2D eigenvalue weighted by molar-refractivity contribution is 6.30. The summed E-state index contributed by atoms with van der Waals surface area (Å²) in [6, 6.07) is 9.92. The fourth-order valence-corrected chi connectivity index (χ4v) is 2.36. The van der Waals surface area contributed by atoms with Crippen molar-refractivity contribution in [2.45, 2.75) is 24.6 Å². The minimum absolute atomic E-state index is 0.0861. The Morgan fingerprint density at radius 1 is 1.25 bits per heavy atom. The molecule has 2 rings (SSSR count). The Morgan fingerprint density at radius 3 is 2.50 bits per heavy atom. The van der Waals surface area contributed by atoms with Gasteiger partial charge in [-0.1, -0.05) is 30.3 Å². The SMILES string of the molecule is O=C(C(Cl)Cc1ccccc1)N1CCCC1. The van der Waals surface area contributed by atoms with Gasteiger partial charge in [0.25, 0.3) is 0 Å². The molecule has 1 atom stereocenters. The van der Waals surface area contributed by atoms with Crippen molar-refractivity contribution in [3.63, 3.8) is 0 Å². The summed E-state index contributed by atoms with van der Waals surface area (Å²) in [5.74, 6) is 0.0861. The fraction of sp³-hybridized carbons (Fsp3) is 0.462. The summed E-state index contributed by atoms with van der Waals surface area (Å²) in [4.78, 5) is 13.8. The summed E-state index contributed by atoms with van der Waals surface area (Å²) in [6.45, 7) is 1.74. The number of hydrogen-bond acceptors (Lipinski definition) is 1. The second-order valence-electron chi connectivity index (χ2n) is 4.19. The molecule has 1 aliphatic heterocycles. The molecule has 1 saturated heterocycles. The fourth-order valence-electron chi connectivity index (χ4n) is 2.04. The largest absolute Gasteiger partial charge is 0.341 e. The third-order valence-corrected chi connectivity index (χ3v) is 3.28. The zero-order valence-electron chi connectivity index (χ0n) is 9.23. The number of carbonyl (C=O) groups excluding carboxylic acids is 1. The van der Waals surface area contributed by atoms with Gasteiger partial charge in [0, 0.05) is 13.1 Å². The van der Waals surface area contributed by atoms with Gasteiger partial charge in [-0.3, -0.25) is 4.79 Å². The highest BCUT2D eigenvalue weighted by Gasteiger charge is 2.24. The Hall–Kier alpha value is -1.02. The summed E-state index contributed by atoms with van der Waals surface area (Å²) in [7, 11) is 0. The Kier molecular flexibility index (Phi) is 3.83. The topological polar surface area (TPSA) is 20.3 Å². The van der Waals surface area contributed by atoms with Crippen LogP contribution in [0.15, 0.2) is 30.3 Å². The molecule has 1 fully saturated rings. The first-order chi connectivity index (χ1) is 7.77. The highest BCUT2D eigenvalue weighted by Crippen LogP contribution is 2.15. The highest BCUT2D eigenvalue weighted by atomic mass is 35.5. The third kappa shape index (κ3) is 2.76. The van der Waals surface area contributed by atoms with Crippen LogP contribution in [0.1, 0.15) is 18.4 Å². The van der Waals surface area contributed by atoms with Crippen LogP contribution in [-0.4, -0.2) is 29.3 Å². The number of nitrogens with zero attached hydrogens (tertiary/aromatic N) is 1. The molecule has 1 aromatic rings. The second-order valence-corrected chi connectivity index (χ2v) is 4.72. The molecule has 2 nitrogen and oxygen atoms in total. The summed E-state index contributed by atoms with van der Waals surface area (Å²) < 4.78 is 0. The van der Waals surface area contributed by atoms with E-state index in [1.807, 2.05) is 35.2 Å². The molecule has 0 aromatic heterocycles. The van der Waals surface area contributed by atoms with E-state index in [4.69, 9.17) is 11.6 Å². The van der Waals surface area contributed by atoms with Crippen LogP contribution in [0.25, 0.3) is 0 Å². The van der Waals surface area contributed by atoms with Gasteiger partial charge in [0.15, 0.2) is 0 Å². The maximum atomic E-state index is 11.9. The van der Waals surface area contributed by atoms with Crippen molar-refractivity contribution in [3.8, 4) is 0 Å². The Balaban J connectivity index is 1.92. The van der Waals surface area contributed by atoms with E-state index in [1.54, 1.807) is 0 Å². The van der Waals surface area contributed by atoms with Gasteiger partial charge in [0.05, 0.1) is 0 Å². The lowest BCUT2D eigenvalue weighted by Gasteiger charge is -2.18. The molecule has 1 unspecified atom stereocenters. The average Bonchev–Trinajstić information content (AvgIpc) is 2.83. The van der Waals surface area contributed by atoms with Crippen LogP contribution in [0, 0.1) is 0 Å². The molecular weight excluding hydrogens is 222 g/mol. The number of halogens is 1. The van der Waals surface area contributed by atoms with E-state index in [-0.39, 0.29) is 5.91 Å². The summed E-state index contributed by atoms with van der Waals surface area (Å²) >= 11 is 6.15. The number of benzene rings is 1. The smallest absolute Gasteiger partial charge is 0.240 e. The minimum Gasteiger partial charge on any atom is -0.341 e. The van der Waals surface area contributed by atoms with Crippen molar-refractivity contribution in [3.05, 3.63) is 35.9 Å². The zero-order chi connectivity index (χ0) is 11.4. The van der Waals surface area contributed by atoms with Crippen molar-refractivity contribution < 1.29 is 4.79 Å². The van der Waals surface area contributed by atoms with Crippen molar-refractivity contribution in [1.82, 2.24) is 4.90 Å². The first-order valence-corrected chi connectivity index (χ1v) is 6.18. The Morgan fingerprint density at radius 2 is 1.88 bits per heavy atom. The second kappa shape index (κ2) is 5.35. The molecule has 3 heteroatoms. The van der Waals surface area contributed by atoms with Crippen molar-refractivity contribution >= 4 is 17.5 Å². The first-order valence-electron chi connectivity index (χ1n) is 5.74. The van der Waals surface area contributed by atoms with E-state index < -0.39 is 5.38 Å². The first kappa shape index (κ1) is 11.5. The molecule has 1 aliphatic rings. The van der Waals surface area contributed by atoms with Crippen LogP contribution in [0.3, 0.4) is 0 Å². The maximum absolute atomic E-state index is 11.9. The van der Waals surface area contributed by atoms with E-state index in [9.17, 15) is 4.79 Å². The number of likely N-dealkylation sites (tertiary alicyclic amines) is 1. The Bertz CT molecular complexity index is 346. The lowest BCUT2D eigenvalue weighted by molar-refractivity contribution is -0.129. The number of amides is 1. The van der Waals surface area contributed by atoms with Crippen molar-refractivity contribution in [2.24, 2.45) is 0 Å². The molecule has 1 aromatic carbocycles. The third-order valence-electron chi connectivity index (χ3n) is 2.94. The molecular formula is C13H16ClNO. The molecule has 0 bridgehead atoms. The number of rotatable bonds is 3. The van der Waals surface area contributed by atoms with E-state index in [0.717, 1.165) is 31.5 Å². The van der Waals surface area contributed by atoms with E-state index in [0.29, 0.717) is 6.42 Å². The van der Waals surface area contributed by atoms with E-state index in [2.05, 4.69) is 0 Å². The minimum atomic E-state index is -0.416. The summed E-state index contributed by atoms with van der Waals surface area (Å²) in [6.07, 6.45) is 2.85. The molecule has 0 spiro atoms. The normalized spacial score (nSPS) is 17.4. The van der Waals surface area contributed by atoms with E-state index in [1.165, 1.54) is 0 Å². The zero-order valence-corrected chi connectivity index (χ0v) is 9.99. The molecule has 0 saturated carbocycles.